The Labute approximate surface area is 133 Å². The van der Waals surface area contributed by atoms with Crippen LogP contribution in [0.15, 0.2) is 48.5 Å². The molecule has 3 heterocycles. The molecule has 0 amide bonds. The largest absolute Gasteiger partial charge is 0.235 e. The van der Waals surface area contributed by atoms with Crippen LogP contribution >= 0.6 is 34.3 Å². The molecule has 21 heavy (non-hydrogen) atoms. The summed E-state index contributed by atoms with van der Waals surface area (Å²) in [6, 6.07) is 16.8. The van der Waals surface area contributed by atoms with Crippen LogP contribution in [0, 0.1) is 0 Å². The molecule has 0 bridgehead atoms. The molecule has 0 aliphatic heterocycles. The van der Waals surface area contributed by atoms with Crippen molar-refractivity contribution >= 4 is 74.7 Å². The Morgan fingerprint density at radius 2 is 1.57 bits per heavy atom. The highest BCUT2D eigenvalue weighted by molar-refractivity contribution is 7.44. The number of hydrogen-bond acceptors (Lipinski definition) is 3. The van der Waals surface area contributed by atoms with Gasteiger partial charge in [0.1, 0.15) is 5.15 Å². The molecule has 0 saturated heterocycles. The van der Waals surface area contributed by atoms with E-state index in [0.29, 0.717) is 5.15 Å². The molecule has 5 aromatic rings. The Morgan fingerprint density at radius 3 is 2.48 bits per heavy atom. The first kappa shape index (κ1) is 11.9. The molecule has 0 N–H and O–H groups in total. The summed E-state index contributed by atoms with van der Waals surface area (Å²) in [5.74, 6) is 0. The van der Waals surface area contributed by atoms with Crippen molar-refractivity contribution < 1.29 is 0 Å². The van der Waals surface area contributed by atoms with Gasteiger partial charge in [-0.15, -0.1) is 22.7 Å². The van der Waals surface area contributed by atoms with Gasteiger partial charge in [0.05, 0.1) is 14.2 Å². The third-order valence-electron chi connectivity index (χ3n) is 3.81. The molecule has 4 heteroatoms. The minimum Gasteiger partial charge on any atom is -0.235 e. The van der Waals surface area contributed by atoms with Gasteiger partial charge in [-0.25, -0.2) is 4.98 Å². The molecule has 2 aromatic carbocycles. The first-order valence-corrected chi connectivity index (χ1v) is 8.62. The molecule has 5 rings (SSSR count). The summed E-state index contributed by atoms with van der Waals surface area (Å²) in [6.45, 7) is 0. The molecule has 3 aromatic heterocycles. The Kier molecular flexibility index (Phi) is 2.37. The minimum absolute atomic E-state index is 0.612. The Hall–Kier alpha value is -1.68. The van der Waals surface area contributed by atoms with Crippen molar-refractivity contribution in [1.29, 1.82) is 0 Å². The van der Waals surface area contributed by atoms with Crippen LogP contribution in [-0.2, 0) is 0 Å². The van der Waals surface area contributed by atoms with Crippen molar-refractivity contribution in [3.8, 4) is 0 Å². The third-order valence-corrected chi connectivity index (χ3v) is 6.66. The average molecular weight is 326 g/mol. The molecule has 0 radical (unpaired) electrons. The van der Waals surface area contributed by atoms with Gasteiger partial charge < -0.3 is 0 Å². The zero-order valence-electron chi connectivity index (χ0n) is 10.8. The maximum Gasteiger partial charge on any atom is 0.147 e. The van der Waals surface area contributed by atoms with E-state index >= 15 is 0 Å². The number of fused-ring (bicyclic) bond motifs is 7. The van der Waals surface area contributed by atoms with Crippen molar-refractivity contribution in [1.82, 2.24) is 4.98 Å². The van der Waals surface area contributed by atoms with Crippen LogP contribution < -0.4 is 0 Å². The number of hydrogen-bond donors (Lipinski definition) is 0. The van der Waals surface area contributed by atoms with E-state index in [4.69, 9.17) is 11.6 Å². The predicted octanol–water partition coefficient (Wildman–Crippen LogP) is 6.47. The zero-order chi connectivity index (χ0) is 14.0. The van der Waals surface area contributed by atoms with E-state index in [2.05, 4.69) is 41.4 Å². The second-order valence-corrected chi connectivity index (χ2v) is 7.68. The van der Waals surface area contributed by atoms with Gasteiger partial charge in [-0.3, -0.25) is 0 Å². The highest BCUT2D eigenvalue weighted by Crippen LogP contribution is 2.47. The fourth-order valence-electron chi connectivity index (χ4n) is 2.93. The smallest absolute Gasteiger partial charge is 0.147 e. The first-order chi connectivity index (χ1) is 10.3. The van der Waals surface area contributed by atoms with E-state index in [9.17, 15) is 0 Å². The maximum absolute atomic E-state index is 6.42. The van der Waals surface area contributed by atoms with E-state index in [1.165, 1.54) is 30.3 Å². The molecule has 0 aliphatic carbocycles. The molecule has 1 nitrogen and oxygen atoms in total. The molecule has 100 valence electrons. The molecule has 0 fully saturated rings. The fourth-order valence-corrected chi connectivity index (χ4v) is 5.80. The van der Waals surface area contributed by atoms with Crippen LogP contribution in [0.2, 0.25) is 5.15 Å². The lowest BCUT2D eigenvalue weighted by Gasteiger charge is -2.01. The van der Waals surface area contributed by atoms with Gasteiger partial charge in [-0.1, -0.05) is 48.0 Å². The summed E-state index contributed by atoms with van der Waals surface area (Å²) < 4.78 is 3.76. The van der Waals surface area contributed by atoms with Crippen LogP contribution in [0.25, 0.3) is 40.5 Å². The molecule has 0 aliphatic rings. The predicted molar refractivity (Wildman–Crippen MR) is 95.0 cm³/mol. The van der Waals surface area contributed by atoms with Gasteiger partial charge in [0.15, 0.2) is 0 Å². The first-order valence-electron chi connectivity index (χ1n) is 6.61. The van der Waals surface area contributed by atoms with Crippen molar-refractivity contribution in [2.75, 3.05) is 0 Å². The monoisotopic (exact) mass is 325 g/mol. The second kappa shape index (κ2) is 4.17. The number of thiophene rings is 2. The standard InChI is InChI=1S/C17H8ClNS2/c18-16-15-13(9-5-1-3-7-11(9)19-16)14-10-6-2-4-8-12(10)20-17(14)21-15/h1-8H. The quantitative estimate of drug-likeness (QED) is 0.297. The summed E-state index contributed by atoms with van der Waals surface area (Å²) in [6.07, 6.45) is 0. The lowest BCUT2D eigenvalue weighted by atomic mass is 10.1. The number of pyridine rings is 1. The number of aromatic nitrogens is 1. The topological polar surface area (TPSA) is 12.9 Å². The van der Waals surface area contributed by atoms with Gasteiger partial charge in [0.25, 0.3) is 0 Å². The molecule has 0 spiro atoms. The summed E-state index contributed by atoms with van der Waals surface area (Å²) in [5, 5.41) is 5.70. The summed E-state index contributed by atoms with van der Waals surface area (Å²) in [4.78, 5) is 4.54. The number of rotatable bonds is 0. The molecule has 0 saturated carbocycles. The van der Waals surface area contributed by atoms with Crippen molar-refractivity contribution in [2.45, 2.75) is 0 Å². The van der Waals surface area contributed by atoms with Gasteiger partial charge in [-0.05, 0) is 12.1 Å². The summed E-state index contributed by atoms with van der Waals surface area (Å²) >= 11 is 10.0. The van der Waals surface area contributed by atoms with Gasteiger partial charge >= 0.3 is 0 Å². The van der Waals surface area contributed by atoms with Crippen LogP contribution in [0.5, 0.6) is 0 Å². The van der Waals surface area contributed by atoms with Crippen LogP contribution in [0.3, 0.4) is 0 Å². The van der Waals surface area contributed by atoms with Crippen molar-refractivity contribution in [3.05, 3.63) is 53.7 Å². The van der Waals surface area contributed by atoms with Crippen LogP contribution in [0.1, 0.15) is 0 Å². The molecule has 0 atom stereocenters. The summed E-state index contributed by atoms with van der Waals surface area (Å²) in [7, 11) is 0. The Bertz CT molecular complexity index is 1150. The van der Waals surface area contributed by atoms with E-state index in [1.807, 2.05) is 23.5 Å². The Morgan fingerprint density at radius 1 is 0.810 bits per heavy atom. The Balaban J connectivity index is 2.18. The lowest BCUT2D eigenvalue weighted by Crippen LogP contribution is -1.81. The van der Waals surface area contributed by atoms with Gasteiger partial charge in [0.2, 0.25) is 0 Å². The SMILES string of the molecule is Clc1nc2ccccc2c2c1sc1sc3ccccc3c12. The van der Waals surface area contributed by atoms with E-state index < -0.39 is 0 Å². The van der Waals surface area contributed by atoms with E-state index in [-0.39, 0.29) is 0 Å². The minimum atomic E-state index is 0.612. The highest BCUT2D eigenvalue weighted by atomic mass is 35.5. The average Bonchev–Trinajstić information content (AvgIpc) is 3.03. The number of halogens is 1. The molecule has 0 unspecified atom stereocenters. The van der Waals surface area contributed by atoms with Crippen LogP contribution in [-0.4, -0.2) is 4.98 Å². The van der Waals surface area contributed by atoms with Crippen molar-refractivity contribution in [2.24, 2.45) is 0 Å². The maximum atomic E-state index is 6.42. The van der Waals surface area contributed by atoms with Crippen molar-refractivity contribution in [3.63, 3.8) is 0 Å². The number of para-hydroxylation sites is 1. The van der Waals surface area contributed by atoms with E-state index in [1.54, 1.807) is 11.3 Å². The third kappa shape index (κ3) is 1.54. The molecular formula is C17H8ClNS2. The normalized spacial score (nSPS) is 12.0. The fraction of sp³-hybridized carbons (Fsp3) is 0. The molecular weight excluding hydrogens is 318 g/mol. The lowest BCUT2D eigenvalue weighted by molar-refractivity contribution is 1.45. The summed E-state index contributed by atoms with van der Waals surface area (Å²) in [5.41, 5.74) is 0.963. The highest BCUT2D eigenvalue weighted by Gasteiger charge is 2.17. The van der Waals surface area contributed by atoms with E-state index in [0.717, 1.165) is 10.2 Å². The van der Waals surface area contributed by atoms with Gasteiger partial charge in [-0.2, -0.15) is 0 Å². The van der Waals surface area contributed by atoms with Crippen LogP contribution in [0.4, 0.5) is 0 Å². The number of nitrogens with zero attached hydrogens (tertiary/aromatic N) is 1. The second-order valence-electron chi connectivity index (χ2n) is 4.99. The number of benzene rings is 2. The zero-order valence-corrected chi connectivity index (χ0v) is 13.1. The van der Waals surface area contributed by atoms with Gasteiger partial charge in [0, 0.05) is 26.2 Å².